The smallest absolute Gasteiger partial charge is 0.126 e. The minimum atomic E-state index is -0.369. The van der Waals surface area contributed by atoms with E-state index in [4.69, 9.17) is 9.47 Å². The van der Waals surface area contributed by atoms with Crippen LogP contribution in [0, 0.1) is 0 Å². The van der Waals surface area contributed by atoms with Gasteiger partial charge in [-0.3, -0.25) is 0 Å². The predicted octanol–water partition coefficient (Wildman–Crippen LogP) is 11.4. The van der Waals surface area contributed by atoms with Crippen LogP contribution in [0.15, 0.2) is 72.8 Å². The van der Waals surface area contributed by atoms with E-state index >= 15 is 0 Å². The van der Waals surface area contributed by atoms with Crippen LogP contribution < -0.4 is 0 Å². The molecule has 0 fully saturated rings. The van der Waals surface area contributed by atoms with Crippen molar-refractivity contribution in [2.45, 2.75) is 130 Å². The van der Waals surface area contributed by atoms with Gasteiger partial charge in [-0.15, -0.1) is 0 Å². The maximum atomic E-state index is 11.7. The topological polar surface area (TPSA) is 58.9 Å². The lowest BCUT2D eigenvalue weighted by Crippen LogP contribution is -2.34. The first-order valence-corrected chi connectivity index (χ1v) is 18.0. The molecule has 0 unspecified atom stereocenters. The Kier molecular flexibility index (Phi) is 11.4. The molecule has 2 N–H and O–H groups in total. The Morgan fingerprint density at radius 3 is 0.980 bits per heavy atom. The van der Waals surface area contributed by atoms with E-state index in [0.717, 1.165) is 33.4 Å². The van der Waals surface area contributed by atoms with E-state index < -0.39 is 0 Å². The number of para-hydroxylation sites is 2. The van der Waals surface area contributed by atoms with E-state index in [-0.39, 0.29) is 45.4 Å². The molecule has 4 aromatic rings. The second-order valence-electron chi connectivity index (χ2n) is 18.2. The van der Waals surface area contributed by atoms with Gasteiger partial charge < -0.3 is 19.7 Å². The molecule has 0 amide bonds. The van der Waals surface area contributed by atoms with E-state index in [1.54, 1.807) is 14.2 Å². The molecule has 4 aromatic carbocycles. The van der Waals surface area contributed by atoms with Crippen LogP contribution in [0.1, 0.15) is 116 Å². The number of phenolic OH excluding ortho intramolecular Hbond substituents is 2. The van der Waals surface area contributed by atoms with Crippen molar-refractivity contribution in [3.63, 3.8) is 0 Å². The zero-order valence-corrected chi connectivity index (χ0v) is 33.2. The number of aromatic hydroxyl groups is 2. The van der Waals surface area contributed by atoms with Crippen LogP contribution in [0.25, 0.3) is 22.3 Å². The fourth-order valence-corrected chi connectivity index (χ4v) is 6.44. The summed E-state index contributed by atoms with van der Waals surface area (Å²) in [4.78, 5) is 0. The molecule has 4 heteroatoms. The molecular formula is C46H62O4. The first-order valence-electron chi connectivity index (χ1n) is 18.0. The number of ether oxygens (including phenoxy) is 2. The van der Waals surface area contributed by atoms with Crippen LogP contribution in [0.4, 0.5) is 0 Å². The van der Waals surface area contributed by atoms with Crippen molar-refractivity contribution >= 4 is 0 Å². The van der Waals surface area contributed by atoms with E-state index in [0.29, 0.717) is 12.8 Å². The summed E-state index contributed by atoms with van der Waals surface area (Å²) in [6.07, 6.45) is 0.157. The standard InChI is InChI=1S/C46H62O4/c1-43(2,3)33-21-31(22-34(27-33)44(4,5)6)37-19-15-17-29(41(37)47)25-39(49-13)40(50-14)26-30-18-16-20-38(42(30)48)32-23-35(45(7,8)9)28-36(24-32)46(10,11)12/h15-24,27-28,39-40,47-48H,25-26H2,1-14H3/t39-,40-/m1/s1. The first kappa shape index (κ1) is 39.2. The van der Waals surface area contributed by atoms with Crippen LogP contribution >= 0.6 is 0 Å². The molecule has 270 valence electrons. The van der Waals surface area contributed by atoms with Gasteiger partial charge >= 0.3 is 0 Å². The molecular weight excluding hydrogens is 617 g/mol. The minimum absolute atomic E-state index is 0.0385. The Balaban J connectivity index is 1.69. The average molecular weight is 679 g/mol. The second kappa shape index (κ2) is 14.6. The van der Waals surface area contributed by atoms with Gasteiger partial charge in [-0.2, -0.15) is 0 Å². The summed E-state index contributed by atoms with van der Waals surface area (Å²) in [5.74, 6) is 0.516. The lowest BCUT2D eigenvalue weighted by Gasteiger charge is -2.28. The minimum Gasteiger partial charge on any atom is -0.507 e. The Hall–Kier alpha value is -3.60. The zero-order valence-electron chi connectivity index (χ0n) is 33.2. The van der Waals surface area contributed by atoms with Crippen molar-refractivity contribution in [3.8, 4) is 33.8 Å². The monoisotopic (exact) mass is 678 g/mol. The lowest BCUT2D eigenvalue weighted by molar-refractivity contribution is -0.0350. The summed E-state index contributed by atoms with van der Waals surface area (Å²) in [5.41, 5.74) is 10.0. The van der Waals surface area contributed by atoms with Crippen molar-refractivity contribution in [1.29, 1.82) is 0 Å². The number of phenols is 2. The Labute approximate surface area is 302 Å². The van der Waals surface area contributed by atoms with E-state index in [1.807, 2.05) is 36.4 Å². The fourth-order valence-electron chi connectivity index (χ4n) is 6.44. The van der Waals surface area contributed by atoms with Crippen LogP contribution in [0.5, 0.6) is 11.5 Å². The molecule has 50 heavy (non-hydrogen) atoms. The Morgan fingerprint density at radius 1 is 0.460 bits per heavy atom. The molecule has 0 bridgehead atoms. The van der Waals surface area contributed by atoms with Gasteiger partial charge in [-0.25, -0.2) is 0 Å². The van der Waals surface area contributed by atoms with Gasteiger partial charge in [0.2, 0.25) is 0 Å². The molecule has 0 aliphatic heterocycles. The number of hydrogen-bond donors (Lipinski definition) is 2. The Morgan fingerprint density at radius 2 is 0.740 bits per heavy atom. The Bertz CT molecular complexity index is 1590. The van der Waals surface area contributed by atoms with Crippen molar-refractivity contribution in [1.82, 2.24) is 0 Å². The van der Waals surface area contributed by atoms with Crippen molar-refractivity contribution in [3.05, 3.63) is 106 Å². The number of benzene rings is 4. The summed E-state index contributed by atoms with van der Waals surface area (Å²) < 4.78 is 12.1. The summed E-state index contributed by atoms with van der Waals surface area (Å²) in [5, 5.41) is 23.5. The zero-order chi connectivity index (χ0) is 37.4. The van der Waals surface area contributed by atoms with Gasteiger partial charge in [-0.05, 0) is 66.2 Å². The van der Waals surface area contributed by atoms with Crippen molar-refractivity contribution in [2.24, 2.45) is 0 Å². The van der Waals surface area contributed by atoms with Crippen molar-refractivity contribution in [2.75, 3.05) is 14.2 Å². The van der Waals surface area contributed by atoms with Crippen LogP contribution in [0.2, 0.25) is 0 Å². The lowest BCUT2D eigenvalue weighted by atomic mass is 9.78. The number of methoxy groups -OCH3 is 2. The van der Waals surface area contributed by atoms with Crippen LogP contribution in [-0.4, -0.2) is 36.6 Å². The highest BCUT2D eigenvalue weighted by Gasteiger charge is 2.28. The van der Waals surface area contributed by atoms with Crippen molar-refractivity contribution < 1.29 is 19.7 Å². The van der Waals surface area contributed by atoms with E-state index in [2.05, 4.69) is 119 Å². The highest BCUT2D eigenvalue weighted by molar-refractivity contribution is 5.75. The maximum Gasteiger partial charge on any atom is 0.126 e. The summed E-state index contributed by atoms with van der Waals surface area (Å²) in [6, 6.07) is 25.3. The number of rotatable bonds is 9. The van der Waals surface area contributed by atoms with E-state index in [1.165, 1.54) is 22.3 Å². The molecule has 2 atom stereocenters. The predicted molar refractivity (Wildman–Crippen MR) is 211 cm³/mol. The third kappa shape index (κ3) is 9.00. The molecule has 0 aliphatic rings. The maximum absolute atomic E-state index is 11.7. The van der Waals surface area contributed by atoms with Gasteiger partial charge in [0, 0.05) is 38.2 Å². The highest BCUT2D eigenvalue weighted by Crippen LogP contribution is 2.41. The number of hydrogen-bond acceptors (Lipinski definition) is 4. The third-order valence-corrected chi connectivity index (χ3v) is 10.1. The van der Waals surface area contributed by atoms with Crippen LogP contribution in [-0.2, 0) is 44.0 Å². The summed E-state index contributed by atoms with van der Waals surface area (Å²) >= 11 is 0. The first-order chi connectivity index (χ1) is 23.0. The second-order valence-corrected chi connectivity index (χ2v) is 18.2. The average Bonchev–Trinajstić information content (AvgIpc) is 3.02. The van der Waals surface area contributed by atoms with Gasteiger partial charge in [0.15, 0.2) is 0 Å². The molecule has 4 rings (SSSR count). The molecule has 0 radical (unpaired) electrons. The molecule has 0 saturated heterocycles. The largest absolute Gasteiger partial charge is 0.507 e. The quantitative estimate of drug-likeness (QED) is 0.185. The SMILES string of the molecule is CO[C@H](Cc1cccc(-c2cc(C(C)(C)C)cc(C(C)(C)C)c2)c1O)[C@@H](Cc1cccc(-c2cc(C(C)(C)C)cc(C(C)(C)C)c2)c1O)OC. The van der Waals surface area contributed by atoms with Gasteiger partial charge in [0.1, 0.15) is 11.5 Å². The molecule has 0 aromatic heterocycles. The summed E-state index contributed by atoms with van der Waals surface area (Å²) in [6.45, 7) is 26.7. The molecule has 4 nitrogen and oxygen atoms in total. The molecule has 0 saturated carbocycles. The van der Waals surface area contributed by atoms with Gasteiger partial charge in [0.25, 0.3) is 0 Å². The molecule has 0 spiro atoms. The van der Waals surface area contributed by atoms with E-state index in [9.17, 15) is 10.2 Å². The van der Waals surface area contributed by atoms with Gasteiger partial charge in [-0.1, -0.05) is 156 Å². The highest BCUT2D eigenvalue weighted by atomic mass is 16.5. The van der Waals surface area contributed by atoms with Crippen LogP contribution in [0.3, 0.4) is 0 Å². The fraction of sp³-hybridized carbons (Fsp3) is 0.478. The summed E-state index contributed by atoms with van der Waals surface area (Å²) in [7, 11) is 3.37. The molecule has 0 aliphatic carbocycles. The normalized spacial score (nSPS) is 14.1. The molecule has 0 heterocycles. The third-order valence-electron chi connectivity index (χ3n) is 10.1. The van der Waals surface area contributed by atoms with Gasteiger partial charge in [0.05, 0.1) is 12.2 Å².